The van der Waals surface area contributed by atoms with Crippen molar-refractivity contribution >= 4 is 5.97 Å². The molecular weight excluding hydrogens is 276 g/mol. The minimum atomic E-state index is -0.138. The highest BCUT2D eigenvalue weighted by atomic mass is 16.5. The summed E-state index contributed by atoms with van der Waals surface area (Å²) in [5.74, 6) is 0.328. The highest BCUT2D eigenvalue weighted by Gasteiger charge is 2.14. The third-order valence-corrected chi connectivity index (χ3v) is 4.24. The second-order valence-corrected chi connectivity index (χ2v) is 6.42. The zero-order chi connectivity index (χ0) is 16.5. The number of carbonyl (C=O) groups is 1. The van der Waals surface area contributed by atoms with Gasteiger partial charge >= 0.3 is 5.97 Å². The van der Waals surface area contributed by atoms with E-state index in [4.69, 9.17) is 9.84 Å². The predicted molar refractivity (Wildman–Crippen MR) is 92.9 cm³/mol. The van der Waals surface area contributed by atoms with E-state index in [2.05, 4.69) is 13.8 Å². The molecule has 22 heavy (non-hydrogen) atoms. The molecule has 0 rings (SSSR count). The Hall–Kier alpha value is -0.570. The average Bonchev–Trinajstić information content (AvgIpc) is 2.52. The van der Waals surface area contributed by atoms with Gasteiger partial charge in [-0.15, -0.1) is 0 Å². The molecule has 0 aliphatic heterocycles. The van der Waals surface area contributed by atoms with Crippen LogP contribution in [0.4, 0.5) is 0 Å². The lowest BCUT2D eigenvalue weighted by atomic mass is 9.91. The molecule has 0 aliphatic rings. The van der Waals surface area contributed by atoms with Crippen molar-refractivity contribution in [2.45, 2.75) is 97.3 Å². The molecule has 1 unspecified atom stereocenters. The number of hydrogen-bond acceptors (Lipinski definition) is 3. The number of aliphatic hydroxyl groups is 1. The highest BCUT2D eigenvalue weighted by Crippen LogP contribution is 2.22. The smallest absolute Gasteiger partial charge is 0.306 e. The van der Waals surface area contributed by atoms with Gasteiger partial charge in [-0.25, -0.2) is 0 Å². The maximum atomic E-state index is 11.7. The van der Waals surface area contributed by atoms with Gasteiger partial charge in [-0.2, -0.15) is 0 Å². The Morgan fingerprint density at radius 2 is 1.36 bits per heavy atom. The van der Waals surface area contributed by atoms with Crippen molar-refractivity contribution in [1.29, 1.82) is 0 Å². The van der Waals surface area contributed by atoms with E-state index in [1.165, 1.54) is 64.2 Å². The Morgan fingerprint density at radius 1 is 0.864 bits per heavy atom. The van der Waals surface area contributed by atoms with Crippen molar-refractivity contribution in [3.8, 4) is 0 Å². The third kappa shape index (κ3) is 14.4. The van der Waals surface area contributed by atoms with Gasteiger partial charge in [0.15, 0.2) is 0 Å². The van der Waals surface area contributed by atoms with E-state index in [0.717, 1.165) is 12.8 Å². The fraction of sp³-hybridized carbons (Fsp3) is 0.947. The molecule has 0 saturated carbocycles. The quantitative estimate of drug-likeness (QED) is 0.313. The van der Waals surface area contributed by atoms with Crippen LogP contribution >= 0.6 is 0 Å². The first kappa shape index (κ1) is 21.4. The van der Waals surface area contributed by atoms with Crippen LogP contribution in [-0.2, 0) is 9.53 Å². The minimum absolute atomic E-state index is 0.0790. The average molecular weight is 315 g/mol. The van der Waals surface area contributed by atoms with Gasteiger partial charge in [-0.3, -0.25) is 4.79 Å². The second kappa shape index (κ2) is 16.8. The van der Waals surface area contributed by atoms with Gasteiger partial charge in [-0.1, -0.05) is 78.1 Å². The Balaban J connectivity index is 3.91. The summed E-state index contributed by atoms with van der Waals surface area (Å²) < 4.78 is 5.02. The number of hydrogen-bond donors (Lipinski definition) is 1. The van der Waals surface area contributed by atoms with Crippen LogP contribution in [0.1, 0.15) is 97.3 Å². The zero-order valence-electron chi connectivity index (χ0n) is 14.9. The molecule has 0 amide bonds. The molecule has 0 aliphatic carbocycles. The maximum Gasteiger partial charge on any atom is 0.306 e. The lowest BCUT2D eigenvalue weighted by Gasteiger charge is -2.16. The molecule has 3 heteroatoms. The fourth-order valence-electron chi connectivity index (χ4n) is 2.88. The van der Waals surface area contributed by atoms with Crippen LogP contribution in [0, 0.1) is 5.92 Å². The molecule has 3 nitrogen and oxygen atoms in total. The topological polar surface area (TPSA) is 46.5 Å². The van der Waals surface area contributed by atoms with E-state index in [1.54, 1.807) is 0 Å². The normalized spacial score (nSPS) is 12.3. The van der Waals surface area contributed by atoms with Crippen molar-refractivity contribution in [1.82, 2.24) is 0 Å². The SMILES string of the molecule is CCCCCCCCC(CCCCCC)CC(=O)OCCO. The molecule has 0 radical (unpaired) electrons. The van der Waals surface area contributed by atoms with E-state index in [9.17, 15) is 4.79 Å². The summed E-state index contributed by atoms with van der Waals surface area (Å²) >= 11 is 0. The first-order valence-electron chi connectivity index (χ1n) is 9.51. The molecule has 0 heterocycles. The Morgan fingerprint density at radius 3 is 1.91 bits per heavy atom. The van der Waals surface area contributed by atoms with Gasteiger partial charge in [0.1, 0.15) is 6.61 Å². The summed E-state index contributed by atoms with van der Waals surface area (Å²) in [6.07, 6.45) is 15.7. The van der Waals surface area contributed by atoms with Crippen molar-refractivity contribution in [2.75, 3.05) is 13.2 Å². The van der Waals surface area contributed by atoms with Crippen molar-refractivity contribution in [2.24, 2.45) is 5.92 Å². The molecular formula is C19H38O3. The Labute approximate surface area is 137 Å². The number of esters is 1. The van der Waals surface area contributed by atoms with Crippen LogP contribution in [0.15, 0.2) is 0 Å². The van der Waals surface area contributed by atoms with Gasteiger partial charge in [0.25, 0.3) is 0 Å². The van der Waals surface area contributed by atoms with E-state index in [1.807, 2.05) is 0 Å². The zero-order valence-corrected chi connectivity index (χ0v) is 14.9. The summed E-state index contributed by atoms with van der Waals surface area (Å²) in [7, 11) is 0. The van der Waals surface area contributed by atoms with Crippen LogP contribution in [-0.4, -0.2) is 24.3 Å². The van der Waals surface area contributed by atoms with Crippen LogP contribution in [0.25, 0.3) is 0 Å². The maximum absolute atomic E-state index is 11.7. The highest BCUT2D eigenvalue weighted by molar-refractivity contribution is 5.69. The summed E-state index contributed by atoms with van der Waals surface area (Å²) in [6.45, 7) is 4.52. The molecule has 0 fully saturated rings. The van der Waals surface area contributed by atoms with Crippen LogP contribution in [0.2, 0.25) is 0 Å². The monoisotopic (exact) mass is 314 g/mol. The number of rotatable bonds is 16. The lowest BCUT2D eigenvalue weighted by molar-refractivity contribution is -0.145. The summed E-state index contributed by atoms with van der Waals surface area (Å²) in [5, 5.41) is 8.72. The van der Waals surface area contributed by atoms with E-state index >= 15 is 0 Å². The first-order chi connectivity index (χ1) is 10.7. The number of aliphatic hydroxyl groups excluding tert-OH is 1. The summed E-state index contributed by atoms with van der Waals surface area (Å²) in [4.78, 5) is 11.7. The van der Waals surface area contributed by atoms with E-state index in [0.29, 0.717) is 12.3 Å². The van der Waals surface area contributed by atoms with Crippen LogP contribution in [0.3, 0.4) is 0 Å². The molecule has 0 aromatic carbocycles. The van der Waals surface area contributed by atoms with Gasteiger partial charge < -0.3 is 9.84 Å². The van der Waals surface area contributed by atoms with Crippen molar-refractivity contribution in [3.63, 3.8) is 0 Å². The first-order valence-corrected chi connectivity index (χ1v) is 9.51. The molecule has 1 N–H and O–H groups in total. The van der Waals surface area contributed by atoms with Crippen LogP contribution in [0.5, 0.6) is 0 Å². The van der Waals surface area contributed by atoms with Gasteiger partial charge in [-0.05, 0) is 18.8 Å². The number of carbonyl (C=O) groups excluding carboxylic acids is 1. The molecule has 1 atom stereocenters. The molecule has 132 valence electrons. The minimum Gasteiger partial charge on any atom is -0.463 e. The predicted octanol–water partition coefficient (Wildman–Crippen LogP) is 5.25. The third-order valence-electron chi connectivity index (χ3n) is 4.24. The van der Waals surface area contributed by atoms with Crippen LogP contribution < -0.4 is 0 Å². The molecule has 0 aromatic heterocycles. The molecule has 0 spiro atoms. The van der Waals surface area contributed by atoms with Gasteiger partial charge in [0.2, 0.25) is 0 Å². The molecule has 0 saturated heterocycles. The number of unbranched alkanes of at least 4 members (excludes halogenated alkanes) is 8. The largest absolute Gasteiger partial charge is 0.463 e. The summed E-state index contributed by atoms with van der Waals surface area (Å²) in [5.41, 5.74) is 0. The number of ether oxygens (including phenoxy) is 1. The summed E-state index contributed by atoms with van der Waals surface area (Å²) in [6, 6.07) is 0. The standard InChI is InChI=1S/C19H38O3/c1-3-5-7-9-10-12-14-18(13-11-8-6-4-2)17-19(21)22-16-15-20/h18,20H,3-17H2,1-2H3. The van der Waals surface area contributed by atoms with E-state index < -0.39 is 0 Å². The van der Waals surface area contributed by atoms with Crippen molar-refractivity contribution in [3.05, 3.63) is 0 Å². The van der Waals surface area contributed by atoms with E-state index in [-0.39, 0.29) is 19.2 Å². The van der Waals surface area contributed by atoms with Gasteiger partial charge in [0, 0.05) is 6.42 Å². The fourth-order valence-corrected chi connectivity index (χ4v) is 2.88. The Bertz CT molecular complexity index is 241. The van der Waals surface area contributed by atoms with Crippen molar-refractivity contribution < 1.29 is 14.6 Å². The lowest BCUT2D eigenvalue weighted by Crippen LogP contribution is -2.14. The Kier molecular flexibility index (Phi) is 16.4. The molecule has 0 aromatic rings. The van der Waals surface area contributed by atoms with Gasteiger partial charge in [0.05, 0.1) is 6.61 Å². The second-order valence-electron chi connectivity index (χ2n) is 6.42. The molecule has 0 bridgehead atoms.